The Morgan fingerprint density at radius 1 is 1.14 bits per heavy atom. The van der Waals surface area contributed by atoms with E-state index >= 15 is 0 Å². The molecule has 0 radical (unpaired) electrons. The fourth-order valence-electron chi connectivity index (χ4n) is 3.69. The highest BCUT2D eigenvalue weighted by Crippen LogP contribution is 2.26. The van der Waals surface area contributed by atoms with Gasteiger partial charge in [-0.05, 0) is 18.2 Å². The Morgan fingerprint density at radius 2 is 1.86 bits per heavy atom. The molecule has 1 aliphatic heterocycles. The van der Waals surface area contributed by atoms with Gasteiger partial charge >= 0.3 is 0 Å². The van der Waals surface area contributed by atoms with Gasteiger partial charge in [0.05, 0.1) is 17.0 Å². The molecule has 0 bridgehead atoms. The van der Waals surface area contributed by atoms with E-state index in [0.717, 1.165) is 16.8 Å². The number of para-hydroxylation sites is 1. The zero-order chi connectivity index (χ0) is 25.7. The molecular weight excluding hydrogens is 459 g/mol. The number of hydrogen-bond donors (Lipinski definition) is 5. The first-order valence-corrected chi connectivity index (χ1v) is 11.3. The molecule has 0 spiro atoms. The predicted octanol–water partition coefficient (Wildman–Crippen LogP) is 3.28. The fraction of sp³-hybridized carbons (Fsp3) is 0.154. The van der Waals surface area contributed by atoms with Gasteiger partial charge in [-0.1, -0.05) is 55.1 Å². The summed E-state index contributed by atoms with van der Waals surface area (Å²) in [6.45, 7) is 4.95. The smallest absolute Gasteiger partial charge is 0.290 e. The summed E-state index contributed by atoms with van der Waals surface area (Å²) in [6.07, 6.45) is -0.789. The third kappa shape index (κ3) is 5.39. The number of anilines is 2. The van der Waals surface area contributed by atoms with Crippen molar-refractivity contribution in [2.24, 2.45) is 10.7 Å². The molecule has 0 amide bonds. The van der Waals surface area contributed by atoms with Crippen molar-refractivity contribution in [2.45, 2.75) is 6.17 Å². The number of nitrogens with one attached hydrogen (secondary N) is 4. The van der Waals surface area contributed by atoms with Crippen LogP contribution in [0.5, 0.6) is 0 Å². The quantitative estimate of drug-likeness (QED) is 0.206. The van der Waals surface area contributed by atoms with Gasteiger partial charge in [-0.2, -0.15) is 4.39 Å². The minimum atomic E-state index is -0.880. The SMILES string of the molecule is C=C1Nc2ccccc2C(c2ccccc2)=NC1NC(=N)OC(=N)c1ccc(N(C)CCN)nc1F. The highest BCUT2D eigenvalue weighted by atomic mass is 19.1. The average molecular weight is 487 g/mol. The lowest BCUT2D eigenvalue weighted by Crippen LogP contribution is -2.38. The molecule has 36 heavy (non-hydrogen) atoms. The van der Waals surface area contributed by atoms with E-state index in [4.69, 9.17) is 26.3 Å². The summed E-state index contributed by atoms with van der Waals surface area (Å²) in [5, 5.41) is 22.5. The van der Waals surface area contributed by atoms with Gasteiger partial charge in [0, 0.05) is 37.0 Å². The standard InChI is InChI=1S/C26H27FN8O/c1-16-25(33-22(17-8-4-3-5-9-17)18-10-6-7-11-20(18)31-16)34-26(30)36-24(29)19-12-13-21(32-23(19)27)35(2)15-14-28/h3-13,25,29,31H,1,14-15,28H2,2H3,(H2,30,34). The van der Waals surface area contributed by atoms with Gasteiger partial charge in [-0.15, -0.1) is 0 Å². The molecule has 6 N–H and O–H groups in total. The first kappa shape index (κ1) is 24.6. The number of nitrogens with zero attached hydrogens (tertiary/aromatic N) is 3. The molecular formula is C26H27FN8O. The second-order valence-corrected chi connectivity index (χ2v) is 8.06. The second-order valence-electron chi connectivity index (χ2n) is 8.06. The van der Waals surface area contributed by atoms with Crippen LogP contribution in [0, 0.1) is 16.8 Å². The third-order valence-corrected chi connectivity index (χ3v) is 5.52. The van der Waals surface area contributed by atoms with Crippen LogP contribution in [-0.4, -0.2) is 48.9 Å². The number of fused-ring (bicyclic) bond motifs is 1. The van der Waals surface area contributed by atoms with Crippen molar-refractivity contribution in [1.29, 1.82) is 10.8 Å². The number of rotatable bonds is 6. The van der Waals surface area contributed by atoms with Gasteiger partial charge in [-0.25, -0.2) is 4.98 Å². The largest absolute Gasteiger partial charge is 0.407 e. The average Bonchev–Trinajstić information content (AvgIpc) is 3.00. The number of nitrogens with two attached hydrogens (primary N) is 1. The zero-order valence-corrected chi connectivity index (χ0v) is 19.8. The maximum atomic E-state index is 14.6. The molecule has 2 heterocycles. The van der Waals surface area contributed by atoms with Crippen LogP contribution in [0.25, 0.3) is 0 Å². The lowest BCUT2D eigenvalue weighted by molar-refractivity contribution is 0.480. The van der Waals surface area contributed by atoms with Gasteiger partial charge in [0.1, 0.15) is 5.82 Å². The van der Waals surface area contributed by atoms with Gasteiger partial charge in [0.25, 0.3) is 6.02 Å². The number of halogens is 1. The van der Waals surface area contributed by atoms with E-state index in [1.807, 2.05) is 54.6 Å². The van der Waals surface area contributed by atoms with E-state index in [1.165, 1.54) is 6.07 Å². The van der Waals surface area contributed by atoms with Crippen molar-refractivity contribution in [3.05, 3.63) is 102 Å². The number of pyridine rings is 1. The van der Waals surface area contributed by atoms with E-state index < -0.39 is 24.0 Å². The van der Waals surface area contributed by atoms with E-state index in [1.54, 1.807) is 18.0 Å². The molecule has 10 heteroatoms. The van der Waals surface area contributed by atoms with Crippen molar-refractivity contribution in [3.8, 4) is 0 Å². The second kappa shape index (κ2) is 10.8. The molecule has 0 saturated heterocycles. The highest BCUT2D eigenvalue weighted by molar-refractivity contribution is 6.16. The van der Waals surface area contributed by atoms with Gasteiger partial charge in [0.2, 0.25) is 11.8 Å². The minimum absolute atomic E-state index is 0.176. The summed E-state index contributed by atoms with van der Waals surface area (Å²) in [7, 11) is 1.74. The van der Waals surface area contributed by atoms with Crippen molar-refractivity contribution in [3.63, 3.8) is 0 Å². The Morgan fingerprint density at radius 3 is 2.58 bits per heavy atom. The number of hydrogen-bond acceptors (Lipinski definition) is 8. The summed E-state index contributed by atoms with van der Waals surface area (Å²) in [4.78, 5) is 10.4. The van der Waals surface area contributed by atoms with Crippen LogP contribution in [0.3, 0.4) is 0 Å². The lowest BCUT2D eigenvalue weighted by Gasteiger charge is -2.19. The topological polar surface area (TPSA) is 136 Å². The van der Waals surface area contributed by atoms with Gasteiger partial charge < -0.3 is 26.0 Å². The summed E-state index contributed by atoms with van der Waals surface area (Å²) >= 11 is 0. The van der Waals surface area contributed by atoms with Gasteiger partial charge in [0.15, 0.2) is 6.17 Å². The Bertz CT molecular complexity index is 1320. The first-order valence-electron chi connectivity index (χ1n) is 11.3. The molecule has 1 unspecified atom stereocenters. The number of likely N-dealkylation sites (N-methyl/N-ethyl adjacent to an activating group) is 1. The van der Waals surface area contributed by atoms with Crippen LogP contribution < -0.4 is 21.3 Å². The maximum Gasteiger partial charge on any atom is 0.290 e. The number of ether oxygens (including phenoxy) is 1. The monoisotopic (exact) mass is 486 g/mol. The number of benzodiazepines with no additional fused rings is 1. The van der Waals surface area contributed by atoms with Gasteiger partial charge in [-0.3, -0.25) is 15.8 Å². The molecule has 9 nitrogen and oxygen atoms in total. The van der Waals surface area contributed by atoms with E-state index in [9.17, 15) is 4.39 Å². The molecule has 184 valence electrons. The molecule has 4 rings (SSSR count). The Labute approximate surface area is 208 Å². The summed E-state index contributed by atoms with van der Waals surface area (Å²) in [5.41, 5.74) is 9.13. The molecule has 1 aromatic heterocycles. The summed E-state index contributed by atoms with van der Waals surface area (Å²) in [6, 6.07) is 19.8. The fourth-order valence-corrected chi connectivity index (χ4v) is 3.69. The van der Waals surface area contributed by atoms with Crippen LogP contribution in [-0.2, 0) is 4.74 Å². The van der Waals surface area contributed by atoms with E-state index in [0.29, 0.717) is 30.3 Å². The zero-order valence-electron chi connectivity index (χ0n) is 19.8. The Balaban J connectivity index is 1.53. The number of amidine groups is 1. The number of aliphatic imine (C=N–C) groups is 1. The van der Waals surface area contributed by atoms with E-state index in [-0.39, 0.29) is 5.56 Å². The van der Waals surface area contributed by atoms with Crippen LogP contribution in [0.15, 0.2) is 84.0 Å². The number of aromatic nitrogens is 1. The molecule has 0 fully saturated rings. The molecule has 3 aromatic rings. The highest BCUT2D eigenvalue weighted by Gasteiger charge is 2.24. The summed E-state index contributed by atoms with van der Waals surface area (Å²) in [5.74, 6) is -1.06. The van der Waals surface area contributed by atoms with Crippen LogP contribution in [0.4, 0.5) is 15.9 Å². The summed E-state index contributed by atoms with van der Waals surface area (Å²) < 4.78 is 19.9. The number of benzene rings is 2. The van der Waals surface area contributed by atoms with Crippen LogP contribution >= 0.6 is 0 Å². The normalized spacial score (nSPS) is 14.6. The molecule has 2 aromatic carbocycles. The first-order chi connectivity index (χ1) is 17.4. The van der Waals surface area contributed by atoms with Crippen molar-refractivity contribution in [2.75, 3.05) is 30.4 Å². The van der Waals surface area contributed by atoms with E-state index in [2.05, 4.69) is 22.2 Å². The molecule has 0 saturated carbocycles. The van der Waals surface area contributed by atoms with Crippen molar-refractivity contribution >= 4 is 29.1 Å². The molecule has 1 atom stereocenters. The van der Waals surface area contributed by atoms with Crippen LogP contribution in [0.1, 0.15) is 16.7 Å². The Kier molecular flexibility index (Phi) is 7.36. The molecule has 0 aliphatic carbocycles. The molecule has 1 aliphatic rings. The maximum absolute atomic E-state index is 14.6. The van der Waals surface area contributed by atoms with Crippen molar-refractivity contribution in [1.82, 2.24) is 10.3 Å². The predicted molar refractivity (Wildman–Crippen MR) is 140 cm³/mol. The minimum Gasteiger partial charge on any atom is -0.407 e. The Hall–Kier alpha value is -4.57. The third-order valence-electron chi connectivity index (χ3n) is 5.52. The van der Waals surface area contributed by atoms with Crippen molar-refractivity contribution < 1.29 is 9.13 Å². The lowest BCUT2D eigenvalue weighted by atomic mass is 10.0. The van der Waals surface area contributed by atoms with Crippen LogP contribution in [0.2, 0.25) is 0 Å².